The molecule has 1 aromatic carbocycles. The fourth-order valence-electron chi connectivity index (χ4n) is 2.38. The van der Waals surface area contributed by atoms with Crippen LogP contribution >= 0.6 is 45.2 Å². The lowest BCUT2D eigenvalue weighted by molar-refractivity contribution is 0.0436. The van der Waals surface area contributed by atoms with Gasteiger partial charge in [-0.2, -0.15) is 0 Å². The van der Waals surface area contributed by atoms with Gasteiger partial charge in [-0.1, -0.05) is 57.6 Å². The van der Waals surface area contributed by atoms with Crippen LogP contribution in [0.4, 0.5) is 0 Å². The van der Waals surface area contributed by atoms with Crippen LogP contribution in [-0.4, -0.2) is 18.7 Å². The number of unbranched alkanes of at least 4 members (excludes halogenated alkanes) is 6. The van der Waals surface area contributed by atoms with E-state index in [2.05, 4.69) is 52.1 Å². The summed E-state index contributed by atoms with van der Waals surface area (Å²) in [4.78, 5) is 23.5. The molecule has 24 heavy (non-hydrogen) atoms. The Hall–Kier alpha value is -0.380. The molecule has 0 aliphatic rings. The molecule has 0 amide bonds. The first kappa shape index (κ1) is 21.7. The first-order valence-corrected chi connectivity index (χ1v) is 10.5. The van der Waals surface area contributed by atoms with Crippen LogP contribution in [0, 0.1) is 0 Å². The van der Waals surface area contributed by atoms with Crippen LogP contribution in [0.3, 0.4) is 0 Å². The van der Waals surface area contributed by atoms with Gasteiger partial charge in [0.1, 0.15) is 0 Å². The molecule has 0 aliphatic heterocycles. The summed E-state index contributed by atoms with van der Waals surface area (Å²) < 4.78 is 4.88. The Morgan fingerprint density at radius 2 is 1.54 bits per heavy atom. The summed E-state index contributed by atoms with van der Waals surface area (Å²) in [5.74, 6) is -1.71. The van der Waals surface area contributed by atoms with Crippen molar-refractivity contribution in [3.05, 3.63) is 35.4 Å². The summed E-state index contributed by atoms with van der Waals surface area (Å²) >= 11 is 4.23. The van der Waals surface area contributed by atoms with Gasteiger partial charge in [0.15, 0.2) is 0 Å². The van der Waals surface area contributed by atoms with Crippen molar-refractivity contribution < 1.29 is 19.4 Å². The molecule has 0 aromatic heterocycles. The highest BCUT2D eigenvalue weighted by molar-refractivity contribution is 14.2. The van der Waals surface area contributed by atoms with Crippen LogP contribution in [0.1, 0.15) is 79.0 Å². The van der Waals surface area contributed by atoms with Crippen molar-refractivity contribution in [2.45, 2.75) is 59.9 Å². The molecular weight excluding hydrogens is 534 g/mol. The number of hydrogen-bond donors (Lipinski definition) is 1. The number of carbonyl (C=O) groups excluding carboxylic acids is 1. The van der Waals surface area contributed by atoms with Crippen LogP contribution < -0.4 is 0 Å². The normalized spacial score (nSPS) is 11.3. The maximum absolute atomic E-state index is 12.3. The molecule has 0 unspecified atom stereocenters. The van der Waals surface area contributed by atoms with E-state index >= 15 is 0 Å². The van der Waals surface area contributed by atoms with Crippen molar-refractivity contribution in [2.75, 3.05) is 0 Å². The van der Waals surface area contributed by atoms with Gasteiger partial charge in [-0.15, -0.1) is 0 Å². The zero-order chi connectivity index (χ0) is 18.0. The number of rotatable bonds is 11. The molecule has 0 atom stereocenters. The average molecular weight is 558 g/mol. The van der Waals surface area contributed by atoms with E-state index in [1.165, 1.54) is 44.2 Å². The van der Waals surface area contributed by atoms with Crippen molar-refractivity contribution in [3.63, 3.8) is 0 Å². The highest BCUT2D eigenvalue weighted by atomic mass is 127. The zero-order valence-electron chi connectivity index (χ0n) is 13.9. The number of aromatic carboxylic acids is 1. The monoisotopic (exact) mass is 558 g/mol. The molecule has 6 heteroatoms. The molecule has 1 rings (SSSR count). The van der Waals surface area contributed by atoms with Crippen molar-refractivity contribution in [1.29, 1.82) is 0 Å². The molecule has 0 fully saturated rings. The lowest BCUT2D eigenvalue weighted by Crippen LogP contribution is -2.22. The number of benzene rings is 1. The van der Waals surface area contributed by atoms with E-state index in [0.717, 1.165) is 19.3 Å². The highest BCUT2D eigenvalue weighted by Crippen LogP contribution is 2.36. The van der Waals surface area contributed by atoms with Crippen molar-refractivity contribution >= 4 is 57.1 Å². The van der Waals surface area contributed by atoms with E-state index in [1.54, 1.807) is 12.1 Å². The molecule has 134 valence electrons. The fourth-order valence-corrected chi connectivity index (χ4v) is 3.54. The Bertz CT molecular complexity index is 544. The summed E-state index contributed by atoms with van der Waals surface area (Å²) in [5, 5.41) is 9.16. The largest absolute Gasteiger partial charge is 0.478 e. The van der Waals surface area contributed by atoms with Crippen LogP contribution in [0.15, 0.2) is 24.3 Å². The van der Waals surface area contributed by atoms with Gasteiger partial charge in [-0.25, -0.2) is 9.59 Å². The predicted octanol–water partition coefficient (Wildman–Crippen LogP) is 6.21. The van der Waals surface area contributed by atoms with Gasteiger partial charge in [-0.05, 0) is 63.7 Å². The Morgan fingerprint density at radius 1 is 1.00 bits per heavy atom. The Morgan fingerprint density at radius 3 is 2.12 bits per heavy atom. The van der Waals surface area contributed by atoms with Crippen LogP contribution in [-0.2, 0) is 4.74 Å². The van der Waals surface area contributed by atoms with E-state index in [4.69, 9.17) is 9.84 Å². The maximum Gasteiger partial charge on any atom is 0.340 e. The number of alkyl halides is 2. The molecule has 4 nitrogen and oxygen atoms in total. The second-order valence-corrected chi connectivity index (χ2v) is 11.3. The Kier molecular flexibility index (Phi) is 10.2. The number of esters is 1. The standard InChI is InChI=1S/C18H24I2O4/c1-2-3-4-5-6-7-10-13-18(19,20)24-17(23)15-12-9-8-11-14(15)16(21)22/h8-9,11-12H,2-7,10,13H2,1H3,(H,21,22). The topological polar surface area (TPSA) is 63.6 Å². The van der Waals surface area contributed by atoms with Crippen LogP contribution in [0.2, 0.25) is 0 Å². The minimum atomic E-state index is -1.12. The fraction of sp³-hybridized carbons (Fsp3) is 0.556. The van der Waals surface area contributed by atoms with Gasteiger partial charge in [0, 0.05) is 6.42 Å². The Labute approximate surface area is 171 Å². The van der Waals surface area contributed by atoms with Gasteiger partial charge in [0.2, 0.25) is 1.61 Å². The second-order valence-electron chi connectivity index (χ2n) is 5.75. The van der Waals surface area contributed by atoms with Crippen LogP contribution in [0.25, 0.3) is 0 Å². The maximum atomic E-state index is 12.3. The predicted molar refractivity (Wildman–Crippen MR) is 112 cm³/mol. The first-order chi connectivity index (χ1) is 11.4. The summed E-state index contributed by atoms with van der Waals surface area (Å²) in [6, 6.07) is 6.14. The number of hydrogen-bond acceptors (Lipinski definition) is 3. The third kappa shape index (κ3) is 8.13. The third-order valence-corrected chi connectivity index (χ3v) is 5.21. The van der Waals surface area contributed by atoms with Crippen molar-refractivity contribution in [1.82, 2.24) is 0 Å². The number of ether oxygens (including phenoxy) is 1. The molecule has 0 bridgehead atoms. The quantitative estimate of drug-likeness (QED) is 0.152. The van der Waals surface area contributed by atoms with E-state index < -0.39 is 13.6 Å². The number of carboxylic acids is 1. The van der Waals surface area contributed by atoms with E-state index in [9.17, 15) is 9.59 Å². The number of halogens is 2. The zero-order valence-corrected chi connectivity index (χ0v) is 18.2. The Balaban J connectivity index is 2.46. The van der Waals surface area contributed by atoms with Gasteiger partial charge < -0.3 is 9.84 Å². The van der Waals surface area contributed by atoms with E-state index in [-0.39, 0.29) is 11.1 Å². The molecular formula is C18H24I2O4. The molecule has 0 saturated heterocycles. The SMILES string of the molecule is CCCCCCCCCC(I)(I)OC(=O)c1ccccc1C(=O)O. The molecule has 0 aliphatic carbocycles. The molecule has 1 N–H and O–H groups in total. The lowest BCUT2D eigenvalue weighted by atomic mass is 10.1. The van der Waals surface area contributed by atoms with Gasteiger partial charge >= 0.3 is 11.9 Å². The molecule has 0 spiro atoms. The highest BCUT2D eigenvalue weighted by Gasteiger charge is 2.29. The molecule has 1 aromatic rings. The minimum absolute atomic E-state index is 0.0259. The molecule has 0 saturated carbocycles. The van der Waals surface area contributed by atoms with Crippen molar-refractivity contribution in [2.24, 2.45) is 0 Å². The van der Waals surface area contributed by atoms with Gasteiger partial charge in [-0.3, -0.25) is 0 Å². The smallest absolute Gasteiger partial charge is 0.340 e. The van der Waals surface area contributed by atoms with Crippen molar-refractivity contribution in [3.8, 4) is 0 Å². The third-order valence-electron chi connectivity index (χ3n) is 3.69. The average Bonchev–Trinajstić information content (AvgIpc) is 2.53. The van der Waals surface area contributed by atoms with Gasteiger partial charge in [0.05, 0.1) is 11.1 Å². The number of carbonyl (C=O) groups is 2. The first-order valence-electron chi connectivity index (χ1n) is 8.31. The summed E-state index contributed by atoms with van der Waals surface area (Å²) in [6.07, 6.45) is 9.17. The molecule has 0 heterocycles. The second kappa shape index (κ2) is 11.3. The summed E-state index contributed by atoms with van der Waals surface area (Å²) in [6.45, 7) is 2.21. The van der Waals surface area contributed by atoms with Gasteiger partial charge in [0.25, 0.3) is 0 Å². The minimum Gasteiger partial charge on any atom is -0.478 e. The van der Waals surface area contributed by atoms with E-state index in [1.807, 2.05) is 0 Å². The number of carboxylic acid groups (broad SMARTS) is 1. The summed E-state index contributed by atoms with van der Waals surface area (Å²) in [5.41, 5.74) is 0.0734. The lowest BCUT2D eigenvalue weighted by Gasteiger charge is -2.21. The summed E-state index contributed by atoms with van der Waals surface area (Å²) in [7, 11) is 0. The van der Waals surface area contributed by atoms with E-state index in [0.29, 0.717) is 0 Å². The van der Waals surface area contributed by atoms with Crippen LogP contribution in [0.5, 0.6) is 0 Å². The molecule has 0 radical (unpaired) electrons.